The normalized spacial score (nSPS) is 14.6. The smallest absolute Gasteiger partial charge is 0.0397 e. The van der Waals surface area contributed by atoms with E-state index in [4.69, 9.17) is 0 Å². The Kier molecular flexibility index (Phi) is 6.26. The molecule has 0 fully saturated rings. The first-order chi connectivity index (χ1) is 8.12. The largest absolute Gasteiger partial charge is 0.0839 e. The number of halogens is 1. The average molecular weight is 297 g/mol. The standard InChI is InChI=1S/C16H25Br/c1-5-12(4)10-16(17)15-9-8-13(6-2)14(7-3)11-15/h8-9,11-12,16H,5-7,10H2,1-4H3. The van der Waals surface area contributed by atoms with E-state index in [-0.39, 0.29) is 0 Å². The van der Waals surface area contributed by atoms with Gasteiger partial charge in [-0.15, -0.1) is 0 Å². The van der Waals surface area contributed by atoms with Crippen LogP contribution in [0.1, 0.15) is 62.1 Å². The topological polar surface area (TPSA) is 0 Å². The molecule has 0 spiro atoms. The third-order valence-corrected chi connectivity index (χ3v) is 4.56. The summed E-state index contributed by atoms with van der Waals surface area (Å²) in [6.45, 7) is 9.08. The summed E-state index contributed by atoms with van der Waals surface area (Å²) in [5, 5.41) is 0. The molecule has 0 N–H and O–H groups in total. The number of hydrogen-bond acceptors (Lipinski definition) is 0. The van der Waals surface area contributed by atoms with Crippen LogP contribution in [0.4, 0.5) is 0 Å². The van der Waals surface area contributed by atoms with Gasteiger partial charge in [0.15, 0.2) is 0 Å². The van der Waals surface area contributed by atoms with E-state index < -0.39 is 0 Å². The minimum Gasteiger partial charge on any atom is -0.0839 e. The molecule has 0 aliphatic rings. The van der Waals surface area contributed by atoms with Gasteiger partial charge in [0, 0.05) is 4.83 Å². The summed E-state index contributed by atoms with van der Waals surface area (Å²) in [5.41, 5.74) is 4.46. The van der Waals surface area contributed by atoms with Gasteiger partial charge in [-0.2, -0.15) is 0 Å². The predicted molar refractivity (Wildman–Crippen MR) is 80.9 cm³/mol. The van der Waals surface area contributed by atoms with Crippen molar-refractivity contribution in [1.29, 1.82) is 0 Å². The van der Waals surface area contributed by atoms with Crippen LogP contribution in [-0.2, 0) is 12.8 Å². The van der Waals surface area contributed by atoms with Gasteiger partial charge in [0.2, 0.25) is 0 Å². The average Bonchev–Trinajstić information content (AvgIpc) is 2.37. The molecule has 1 aromatic carbocycles. The van der Waals surface area contributed by atoms with Crippen LogP contribution >= 0.6 is 15.9 Å². The minimum absolute atomic E-state index is 0.508. The molecule has 1 rings (SSSR count). The quantitative estimate of drug-likeness (QED) is 0.592. The number of aryl methyl sites for hydroxylation is 2. The molecule has 0 aliphatic heterocycles. The Bertz CT molecular complexity index is 343. The Labute approximate surface area is 115 Å². The zero-order valence-electron chi connectivity index (χ0n) is 11.6. The number of hydrogen-bond donors (Lipinski definition) is 0. The summed E-state index contributed by atoms with van der Waals surface area (Å²) in [4.78, 5) is 0.508. The maximum absolute atomic E-state index is 3.84. The van der Waals surface area contributed by atoms with Gasteiger partial charge in [-0.3, -0.25) is 0 Å². The van der Waals surface area contributed by atoms with E-state index in [2.05, 4.69) is 61.8 Å². The molecular formula is C16H25Br. The monoisotopic (exact) mass is 296 g/mol. The van der Waals surface area contributed by atoms with Gasteiger partial charge >= 0.3 is 0 Å². The molecule has 0 amide bonds. The number of alkyl halides is 1. The molecule has 0 bridgehead atoms. The molecule has 1 aromatic rings. The van der Waals surface area contributed by atoms with Crippen LogP contribution in [0, 0.1) is 5.92 Å². The highest BCUT2D eigenvalue weighted by Crippen LogP contribution is 2.32. The molecule has 2 atom stereocenters. The first-order valence-electron chi connectivity index (χ1n) is 6.88. The van der Waals surface area contributed by atoms with E-state index in [0.29, 0.717) is 4.83 Å². The fraction of sp³-hybridized carbons (Fsp3) is 0.625. The second kappa shape index (κ2) is 7.20. The van der Waals surface area contributed by atoms with E-state index in [1.165, 1.54) is 29.5 Å². The van der Waals surface area contributed by atoms with E-state index in [1.807, 2.05) is 0 Å². The molecule has 0 radical (unpaired) electrons. The van der Waals surface area contributed by atoms with Crippen LogP contribution in [0.25, 0.3) is 0 Å². The molecule has 0 saturated carbocycles. The Morgan fingerprint density at radius 3 is 2.24 bits per heavy atom. The van der Waals surface area contributed by atoms with Crippen molar-refractivity contribution >= 4 is 15.9 Å². The predicted octanol–water partition coefficient (Wildman–Crippen LogP) is 5.68. The highest BCUT2D eigenvalue weighted by Gasteiger charge is 2.12. The summed E-state index contributed by atoms with van der Waals surface area (Å²) >= 11 is 3.84. The Morgan fingerprint density at radius 2 is 1.71 bits per heavy atom. The maximum Gasteiger partial charge on any atom is 0.0397 e. The zero-order chi connectivity index (χ0) is 12.8. The molecule has 96 valence electrons. The lowest BCUT2D eigenvalue weighted by Crippen LogP contribution is -2.00. The summed E-state index contributed by atoms with van der Waals surface area (Å²) in [5.74, 6) is 0.787. The summed E-state index contributed by atoms with van der Waals surface area (Å²) in [7, 11) is 0. The summed E-state index contributed by atoms with van der Waals surface area (Å²) in [6.07, 6.45) is 4.77. The van der Waals surface area contributed by atoms with E-state index >= 15 is 0 Å². The zero-order valence-corrected chi connectivity index (χ0v) is 13.2. The van der Waals surface area contributed by atoms with Crippen LogP contribution in [0.15, 0.2) is 18.2 Å². The molecule has 0 nitrogen and oxygen atoms in total. The highest BCUT2D eigenvalue weighted by molar-refractivity contribution is 9.09. The minimum atomic E-state index is 0.508. The van der Waals surface area contributed by atoms with E-state index in [0.717, 1.165) is 18.8 Å². The summed E-state index contributed by atoms with van der Waals surface area (Å²) in [6, 6.07) is 6.99. The Balaban J connectivity index is 2.84. The lowest BCUT2D eigenvalue weighted by molar-refractivity contribution is 0.514. The van der Waals surface area contributed by atoms with Gasteiger partial charge in [-0.25, -0.2) is 0 Å². The molecule has 0 heterocycles. The van der Waals surface area contributed by atoms with Crippen molar-refractivity contribution in [1.82, 2.24) is 0 Å². The Morgan fingerprint density at radius 1 is 1.06 bits per heavy atom. The second-order valence-corrected chi connectivity index (χ2v) is 6.06. The lowest BCUT2D eigenvalue weighted by atomic mass is 9.95. The molecule has 0 aromatic heterocycles. The van der Waals surface area contributed by atoms with Crippen LogP contribution in [0.2, 0.25) is 0 Å². The number of rotatable bonds is 6. The van der Waals surface area contributed by atoms with Crippen molar-refractivity contribution in [2.75, 3.05) is 0 Å². The van der Waals surface area contributed by atoms with Crippen molar-refractivity contribution in [2.45, 2.75) is 58.2 Å². The fourth-order valence-corrected chi connectivity index (χ4v) is 3.09. The summed E-state index contributed by atoms with van der Waals surface area (Å²) < 4.78 is 0. The molecule has 0 aliphatic carbocycles. The first kappa shape index (κ1) is 14.8. The van der Waals surface area contributed by atoms with Crippen LogP contribution in [0.5, 0.6) is 0 Å². The van der Waals surface area contributed by atoms with Crippen molar-refractivity contribution in [3.63, 3.8) is 0 Å². The molecule has 1 heteroatoms. The van der Waals surface area contributed by atoms with Gasteiger partial charge in [0.1, 0.15) is 0 Å². The highest BCUT2D eigenvalue weighted by atomic mass is 79.9. The molecule has 17 heavy (non-hydrogen) atoms. The first-order valence-corrected chi connectivity index (χ1v) is 7.79. The fourth-order valence-electron chi connectivity index (χ4n) is 2.17. The van der Waals surface area contributed by atoms with Crippen LogP contribution in [-0.4, -0.2) is 0 Å². The number of benzene rings is 1. The lowest BCUT2D eigenvalue weighted by Gasteiger charge is -2.17. The van der Waals surface area contributed by atoms with Crippen molar-refractivity contribution in [2.24, 2.45) is 5.92 Å². The Hall–Kier alpha value is -0.300. The van der Waals surface area contributed by atoms with Crippen LogP contribution in [0.3, 0.4) is 0 Å². The van der Waals surface area contributed by atoms with Gasteiger partial charge in [-0.05, 0) is 41.9 Å². The third-order valence-electron chi connectivity index (χ3n) is 3.66. The van der Waals surface area contributed by atoms with Crippen LogP contribution < -0.4 is 0 Å². The van der Waals surface area contributed by atoms with Gasteiger partial charge in [0.25, 0.3) is 0 Å². The van der Waals surface area contributed by atoms with Gasteiger partial charge in [0.05, 0.1) is 0 Å². The van der Waals surface area contributed by atoms with E-state index in [9.17, 15) is 0 Å². The van der Waals surface area contributed by atoms with Crippen molar-refractivity contribution < 1.29 is 0 Å². The third kappa shape index (κ3) is 4.13. The van der Waals surface area contributed by atoms with Gasteiger partial charge < -0.3 is 0 Å². The molecular weight excluding hydrogens is 272 g/mol. The van der Waals surface area contributed by atoms with E-state index in [1.54, 1.807) is 0 Å². The van der Waals surface area contributed by atoms with Crippen molar-refractivity contribution in [3.05, 3.63) is 34.9 Å². The SMILES string of the molecule is CCc1ccc(C(Br)CC(C)CC)cc1CC. The maximum atomic E-state index is 3.84. The van der Waals surface area contributed by atoms with Gasteiger partial charge in [-0.1, -0.05) is 68.2 Å². The second-order valence-electron chi connectivity index (χ2n) is 4.95. The molecule has 2 unspecified atom stereocenters. The molecule has 0 saturated heterocycles. The van der Waals surface area contributed by atoms with Crippen molar-refractivity contribution in [3.8, 4) is 0 Å².